The van der Waals surface area contributed by atoms with Crippen LogP contribution in [-0.2, 0) is 9.59 Å². The molecule has 0 saturated heterocycles. The Morgan fingerprint density at radius 1 is 0.897 bits per heavy atom. The van der Waals surface area contributed by atoms with Gasteiger partial charge in [-0.05, 0) is 43.9 Å². The van der Waals surface area contributed by atoms with E-state index in [2.05, 4.69) is 13.8 Å². The highest BCUT2D eigenvalue weighted by molar-refractivity contribution is 6.09. The highest BCUT2D eigenvalue weighted by Crippen LogP contribution is 2.29. The van der Waals surface area contributed by atoms with E-state index in [0.29, 0.717) is 19.3 Å². The molecule has 0 aliphatic heterocycles. The van der Waals surface area contributed by atoms with Gasteiger partial charge in [0.2, 0.25) is 0 Å². The van der Waals surface area contributed by atoms with E-state index in [0.717, 1.165) is 17.7 Å². The molecule has 1 aromatic rings. The molecule has 3 nitrogen and oxygen atoms in total. The number of hydrogen-bond acceptors (Lipinski definition) is 3. The van der Waals surface area contributed by atoms with Gasteiger partial charge in [0.15, 0.2) is 0 Å². The van der Waals surface area contributed by atoms with Gasteiger partial charge in [-0.25, -0.2) is 0 Å². The van der Waals surface area contributed by atoms with Gasteiger partial charge < -0.3 is 4.74 Å². The third-order valence-electron chi connectivity index (χ3n) is 5.98. The van der Waals surface area contributed by atoms with Crippen molar-refractivity contribution in [1.29, 1.82) is 0 Å². The number of benzene rings is 1. The van der Waals surface area contributed by atoms with Crippen molar-refractivity contribution in [2.24, 2.45) is 0 Å². The molecule has 0 heterocycles. The lowest BCUT2D eigenvalue weighted by Crippen LogP contribution is -2.26. The predicted molar refractivity (Wildman–Crippen MR) is 120 cm³/mol. The van der Waals surface area contributed by atoms with E-state index < -0.39 is 5.92 Å². The molecule has 1 aliphatic rings. The van der Waals surface area contributed by atoms with Gasteiger partial charge in [0.1, 0.15) is 23.2 Å². The lowest BCUT2D eigenvalue weighted by molar-refractivity contribution is -0.131. The summed E-state index contributed by atoms with van der Waals surface area (Å²) in [6, 6.07) is 7.59. The maximum absolute atomic E-state index is 12.2. The fourth-order valence-electron chi connectivity index (χ4n) is 4.25. The van der Waals surface area contributed by atoms with Gasteiger partial charge in [0.25, 0.3) is 0 Å². The Hall–Kier alpha value is -1.64. The first-order valence-corrected chi connectivity index (χ1v) is 11.9. The standard InChI is InChI=1S/C26H40O3/c1-3-4-5-6-7-8-9-10-11-12-15-21(2)29-23-17-13-16-22(20-23)26-24(27)18-14-19-25(26)28/h13,16-17,20-21,26H,3-12,14-15,18-19H2,1-2H3. The number of unbranched alkanes of at least 4 members (excludes halogenated alkanes) is 9. The van der Waals surface area contributed by atoms with E-state index in [1.807, 2.05) is 24.3 Å². The second-order valence-electron chi connectivity index (χ2n) is 8.69. The quantitative estimate of drug-likeness (QED) is 0.245. The van der Waals surface area contributed by atoms with Crippen LogP contribution in [0.2, 0.25) is 0 Å². The average molecular weight is 401 g/mol. The van der Waals surface area contributed by atoms with Gasteiger partial charge in [-0.1, -0.05) is 76.8 Å². The SMILES string of the molecule is CCCCCCCCCCCCC(C)Oc1cccc(C2C(=O)CCCC2=O)c1. The molecule has 0 aromatic heterocycles. The number of carbonyl (C=O) groups is 2. The van der Waals surface area contributed by atoms with E-state index in [4.69, 9.17) is 4.74 Å². The number of rotatable bonds is 14. The number of ketones is 2. The van der Waals surface area contributed by atoms with Gasteiger partial charge >= 0.3 is 0 Å². The second-order valence-corrected chi connectivity index (χ2v) is 8.69. The van der Waals surface area contributed by atoms with E-state index >= 15 is 0 Å². The number of hydrogen-bond donors (Lipinski definition) is 0. The van der Waals surface area contributed by atoms with Crippen molar-refractivity contribution < 1.29 is 14.3 Å². The molecule has 0 amide bonds. The third-order valence-corrected chi connectivity index (χ3v) is 5.98. The molecular formula is C26H40O3. The maximum atomic E-state index is 12.2. The number of Topliss-reactive ketones (excluding diaryl/α,β-unsaturated/α-hetero) is 2. The maximum Gasteiger partial charge on any atom is 0.147 e. The molecule has 1 fully saturated rings. The molecule has 29 heavy (non-hydrogen) atoms. The molecular weight excluding hydrogens is 360 g/mol. The normalized spacial score (nSPS) is 16.2. The molecule has 1 aliphatic carbocycles. The zero-order valence-electron chi connectivity index (χ0n) is 18.6. The summed E-state index contributed by atoms with van der Waals surface area (Å²) in [5.41, 5.74) is 0.795. The van der Waals surface area contributed by atoms with Gasteiger partial charge in [-0.15, -0.1) is 0 Å². The Labute approximate surface area is 177 Å². The third kappa shape index (κ3) is 8.72. The highest BCUT2D eigenvalue weighted by Gasteiger charge is 2.31. The smallest absolute Gasteiger partial charge is 0.147 e. The van der Waals surface area contributed by atoms with E-state index in [1.165, 1.54) is 64.2 Å². The Morgan fingerprint density at radius 2 is 1.48 bits per heavy atom. The molecule has 1 atom stereocenters. The van der Waals surface area contributed by atoms with Crippen LogP contribution in [0.1, 0.15) is 115 Å². The van der Waals surface area contributed by atoms with Crippen LogP contribution < -0.4 is 4.74 Å². The summed E-state index contributed by atoms with van der Waals surface area (Å²) in [5.74, 6) is 0.298. The summed E-state index contributed by atoms with van der Waals surface area (Å²) in [4.78, 5) is 24.4. The Kier molecular flexibility index (Phi) is 11.1. The van der Waals surface area contributed by atoms with Gasteiger partial charge in [-0.2, -0.15) is 0 Å². The van der Waals surface area contributed by atoms with Gasteiger partial charge in [0, 0.05) is 12.8 Å². The zero-order valence-corrected chi connectivity index (χ0v) is 18.6. The van der Waals surface area contributed by atoms with Crippen LogP contribution >= 0.6 is 0 Å². The molecule has 1 saturated carbocycles. The highest BCUT2D eigenvalue weighted by atomic mass is 16.5. The van der Waals surface area contributed by atoms with Crippen molar-refractivity contribution in [2.75, 3.05) is 0 Å². The summed E-state index contributed by atoms with van der Waals surface area (Å²) in [5, 5.41) is 0. The van der Waals surface area contributed by atoms with Crippen molar-refractivity contribution >= 4 is 11.6 Å². The second kappa shape index (κ2) is 13.6. The Morgan fingerprint density at radius 3 is 2.10 bits per heavy atom. The van der Waals surface area contributed by atoms with Crippen LogP contribution in [0.15, 0.2) is 24.3 Å². The molecule has 0 bridgehead atoms. The molecule has 1 unspecified atom stereocenters. The van der Waals surface area contributed by atoms with Crippen LogP contribution in [0, 0.1) is 0 Å². The molecule has 0 spiro atoms. The minimum atomic E-state index is -0.579. The number of ether oxygens (including phenoxy) is 1. The predicted octanol–water partition coefficient (Wildman–Crippen LogP) is 7.17. The molecule has 2 rings (SSSR count). The van der Waals surface area contributed by atoms with E-state index in [9.17, 15) is 9.59 Å². The first-order chi connectivity index (χ1) is 14.1. The summed E-state index contributed by atoms with van der Waals surface area (Å²) in [7, 11) is 0. The molecule has 0 N–H and O–H groups in total. The Balaban J connectivity index is 1.64. The lowest BCUT2D eigenvalue weighted by atomic mass is 9.82. The minimum Gasteiger partial charge on any atom is -0.491 e. The molecule has 162 valence electrons. The van der Waals surface area contributed by atoms with E-state index in [-0.39, 0.29) is 17.7 Å². The van der Waals surface area contributed by atoms with Crippen molar-refractivity contribution in [2.45, 2.75) is 116 Å². The van der Waals surface area contributed by atoms with Crippen LogP contribution in [0.25, 0.3) is 0 Å². The summed E-state index contributed by atoms with van der Waals surface area (Å²) >= 11 is 0. The zero-order chi connectivity index (χ0) is 20.9. The largest absolute Gasteiger partial charge is 0.491 e. The first-order valence-electron chi connectivity index (χ1n) is 11.9. The molecule has 3 heteroatoms. The summed E-state index contributed by atoms with van der Waals surface area (Å²) in [6.45, 7) is 4.37. The summed E-state index contributed by atoms with van der Waals surface area (Å²) < 4.78 is 6.08. The fourth-order valence-corrected chi connectivity index (χ4v) is 4.25. The van der Waals surface area contributed by atoms with Gasteiger partial charge in [-0.3, -0.25) is 9.59 Å². The van der Waals surface area contributed by atoms with Gasteiger partial charge in [0.05, 0.1) is 6.10 Å². The molecule has 1 aromatic carbocycles. The minimum absolute atomic E-state index is 0.0526. The van der Waals surface area contributed by atoms with E-state index in [1.54, 1.807) is 0 Å². The van der Waals surface area contributed by atoms with Crippen LogP contribution in [0.5, 0.6) is 5.75 Å². The van der Waals surface area contributed by atoms with Crippen LogP contribution in [0.3, 0.4) is 0 Å². The van der Waals surface area contributed by atoms with Crippen LogP contribution in [-0.4, -0.2) is 17.7 Å². The van der Waals surface area contributed by atoms with Crippen molar-refractivity contribution in [3.05, 3.63) is 29.8 Å². The van der Waals surface area contributed by atoms with Crippen molar-refractivity contribution in [3.63, 3.8) is 0 Å². The first kappa shape index (κ1) is 23.6. The fraction of sp³-hybridized carbons (Fsp3) is 0.692. The number of carbonyl (C=O) groups excluding carboxylic acids is 2. The monoisotopic (exact) mass is 400 g/mol. The summed E-state index contributed by atoms with van der Waals surface area (Å²) in [6.07, 6.45) is 16.3. The average Bonchev–Trinajstić information content (AvgIpc) is 2.69. The lowest BCUT2D eigenvalue weighted by Gasteiger charge is -2.21. The van der Waals surface area contributed by atoms with Crippen molar-refractivity contribution in [1.82, 2.24) is 0 Å². The van der Waals surface area contributed by atoms with Crippen molar-refractivity contribution in [3.8, 4) is 5.75 Å². The molecule has 0 radical (unpaired) electrons. The topological polar surface area (TPSA) is 43.4 Å². The Bertz CT molecular complexity index is 606. The van der Waals surface area contributed by atoms with Crippen LogP contribution in [0.4, 0.5) is 0 Å².